The molecule has 1 amide bonds. The second kappa shape index (κ2) is 10.7. The number of aromatic nitrogens is 1. The summed E-state index contributed by atoms with van der Waals surface area (Å²) in [6.07, 6.45) is 2.30. The third-order valence-corrected chi connectivity index (χ3v) is 13.1. The lowest BCUT2D eigenvalue weighted by molar-refractivity contribution is 0.0841. The van der Waals surface area contributed by atoms with E-state index in [2.05, 4.69) is 91.7 Å². The molecule has 1 fully saturated rings. The van der Waals surface area contributed by atoms with Crippen molar-refractivity contribution in [3.8, 4) is 0 Å². The van der Waals surface area contributed by atoms with Crippen molar-refractivity contribution in [2.45, 2.75) is 63.3 Å². The van der Waals surface area contributed by atoms with Crippen LogP contribution in [0.4, 0.5) is 0 Å². The van der Waals surface area contributed by atoms with E-state index >= 15 is 0 Å². The molecule has 4 aromatic rings. The summed E-state index contributed by atoms with van der Waals surface area (Å²) >= 11 is 6.13. The quantitative estimate of drug-likeness (QED) is 0.285. The minimum absolute atomic E-state index is 0.0204. The zero-order chi connectivity index (χ0) is 26.9. The molecule has 1 aliphatic rings. The fourth-order valence-corrected chi connectivity index (χ4v) is 10.8. The van der Waals surface area contributed by atoms with Crippen LogP contribution in [-0.4, -0.2) is 37.4 Å². The van der Waals surface area contributed by atoms with Crippen molar-refractivity contribution in [2.75, 3.05) is 0 Å². The van der Waals surface area contributed by atoms with Crippen LogP contribution in [0.5, 0.6) is 0 Å². The summed E-state index contributed by atoms with van der Waals surface area (Å²) in [6.45, 7) is 6.86. The Labute approximate surface area is 230 Å². The molecular weight excluding hydrogens is 510 g/mol. The molecule has 0 aliphatic heterocycles. The van der Waals surface area contributed by atoms with E-state index in [1.54, 1.807) is 0 Å². The summed E-state index contributed by atoms with van der Waals surface area (Å²) in [4.78, 5) is 16.4. The number of H-pyrrole nitrogens is 1. The Morgan fingerprint density at radius 1 is 0.974 bits per heavy atom. The molecule has 1 unspecified atom stereocenters. The van der Waals surface area contributed by atoms with Gasteiger partial charge in [0.1, 0.15) is 5.69 Å². The number of rotatable bonds is 6. The van der Waals surface area contributed by atoms with E-state index in [9.17, 15) is 4.79 Å². The smallest absolute Gasteiger partial charge is 0.268 e. The van der Waals surface area contributed by atoms with Gasteiger partial charge in [-0.15, -0.1) is 0 Å². The van der Waals surface area contributed by atoms with Crippen LogP contribution >= 0.6 is 11.6 Å². The van der Waals surface area contributed by atoms with Gasteiger partial charge in [0.05, 0.1) is 0 Å². The molecule has 1 saturated carbocycles. The molecule has 0 saturated heterocycles. The highest BCUT2D eigenvalue weighted by Gasteiger charge is 2.52. The van der Waals surface area contributed by atoms with Gasteiger partial charge in [-0.25, -0.2) is 0 Å². The number of carbonyl (C=O) groups is 1. The molecule has 0 spiro atoms. The lowest BCUT2D eigenvalue weighted by atomic mass is 9.89. The van der Waals surface area contributed by atoms with Gasteiger partial charge in [0.25, 0.3) is 14.2 Å². The van der Waals surface area contributed by atoms with E-state index in [4.69, 9.17) is 21.8 Å². The van der Waals surface area contributed by atoms with Crippen LogP contribution < -0.4 is 21.4 Å². The number of aromatic amines is 1. The van der Waals surface area contributed by atoms with Gasteiger partial charge in [-0.2, -0.15) is 0 Å². The molecule has 1 aromatic heterocycles. The molecule has 3 atom stereocenters. The number of nitrogens with two attached hydrogens (primary N) is 1. The first-order valence-corrected chi connectivity index (χ1v) is 15.6. The van der Waals surface area contributed by atoms with Gasteiger partial charge < -0.3 is 20.5 Å². The average Bonchev–Trinajstić information content (AvgIpc) is 3.33. The van der Waals surface area contributed by atoms with Crippen LogP contribution in [0.3, 0.4) is 0 Å². The predicted molar refractivity (Wildman–Crippen MR) is 159 cm³/mol. The van der Waals surface area contributed by atoms with Crippen LogP contribution in [0.25, 0.3) is 10.9 Å². The van der Waals surface area contributed by atoms with Gasteiger partial charge in [-0.3, -0.25) is 4.79 Å². The predicted octanol–water partition coefficient (Wildman–Crippen LogP) is 5.38. The Morgan fingerprint density at radius 3 is 2.21 bits per heavy atom. The van der Waals surface area contributed by atoms with E-state index in [0.29, 0.717) is 17.1 Å². The molecule has 5 rings (SSSR count). The number of nitrogens with one attached hydrogen (secondary N) is 2. The zero-order valence-electron chi connectivity index (χ0n) is 22.2. The van der Waals surface area contributed by atoms with Crippen LogP contribution in [0.15, 0.2) is 84.9 Å². The third-order valence-electron chi connectivity index (χ3n) is 7.76. The van der Waals surface area contributed by atoms with E-state index in [1.807, 2.05) is 24.3 Å². The monoisotopic (exact) mass is 545 g/mol. The van der Waals surface area contributed by atoms with Crippen molar-refractivity contribution in [1.82, 2.24) is 10.3 Å². The van der Waals surface area contributed by atoms with Crippen molar-refractivity contribution < 1.29 is 9.22 Å². The Balaban J connectivity index is 1.42. The summed E-state index contributed by atoms with van der Waals surface area (Å²) in [7, 11) is -2.69. The molecule has 198 valence electrons. The van der Waals surface area contributed by atoms with Crippen molar-refractivity contribution in [2.24, 2.45) is 5.73 Å². The number of hydrogen-bond donors (Lipinski definition) is 3. The Kier molecular flexibility index (Phi) is 7.51. The summed E-state index contributed by atoms with van der Waals surface area (Å²) in [5.74, 6) is -0.163. The maximum atomic E-state index is 13.2. The Bertz CT molecular complexity index is 1360. The average molecular weight is 546 g/mol. The molecule has 7 heteroatoms. The van der Waals surface area contributed by atoms with Gasteiger partial charge in [0.2, 0.25) is 0 Å². The maximum Gasteiger partial charge on any atom is 0.268 e. The second-order valence-electron chi connectivity index (χ2n) is 11.4. The van der Waals surface area contributed by atoms with Crippen LogP contribution in [-0.2, 0) is 4.43 Å². The first kappa shape index (κ1) is 26.7. The van der Waals surface area contributed by atoms with Crippen LogP contribution in [0.2, 0.25) is 10.1 Å². The van der Waals surface area contributed by atoms with Gasteiger partial charge >= 0.3 is 0 Å². The highest BCUT2D eigenvalue weighted by Crippen LogP contribution is 2.39. The van der Waals surface area contributed by atoms with Crippen molar-refractivity contribution >= 4 is 47.1 Å². The number of hydrogen-bond acceptors (Lipinski definition) is 3. The van der Waals surface area contributed by atoms with Gasteiger partial charge in [0.15, 0.2) is 0 Å². The fraction of sp³-hybridized carbons (Fsp3) is 0.323. The van der Waals surface area contributed by atoms with E-state index in [0.717, 1.165) is 23.7 Å². The summed E-state index contributed by atoms with van der Waals surface area (Å²) in [5.41, 5.74) is 7.93. The largest absolute Gasteiger partial charge is 0.404 e. The van der Waals surface area contributed by atoms with Crippen molar-refractivity contribution in [3.63, 3.8) is 0 Å². The molecular formula is C31H36ClN3O2Si. The number of carbonyl (C=O) groups excluding carboxylic acids is 1. The summed E-state index contributed by atoms with van der Waals surface area (Å²) in [5, 5.41) is 7.15. The Morgan fingerprint density at radius 2 is 1.61 bits per heavy atom. The van der Waals surface area contributed by atoms with Crippen molar-refractivity contribution in [1.29, 1.82) is 0 Å². The van der Waals surface area contributed by atoms with E-state index in [-0.39, 0.29) is 29.1 Å². The number of benzene rings is 3. The molecule has 38 heavy (non-hydrogen) atoms. The Hall–Kier alpha value is -2.90. The van der Waals surface area contributed by atoms with Crippen LogP contribution in [0.1, 0.15) is 50.5 Å². The van der Waals surface area contributed by atoms with E-state index in [1.165, 1.54) is 10.4 Å². The van der Waals surface area contributed by atoms with Crippen LogP contribution in [0, 0.1) is 0 Å². The molecule has 1 heterocycles. The number of amides is 1. The minimum atomic E-state index is -2.69. The normalized spacial score (nSPS) is 20.4. The first-order valence-electron chi connectivity index (χ1n) is 13.3. The van der Waals surface area contributed by atoms with E-state index < -0.39 is 8.32 Å². The maximum absolute atomic E-state index is 13.2. The lowest BCUT2D eigenvalue weighted by Crippen LogP contribution is -2.68. The zero-order valence-corrected chi connectivity index (χ0v) is 24.0. The number of halogens is 1. The van der Waals surface area contributed by atoms with Crippen molar-refractivity contribution in [3.05, 3.63) is 95.6 Å². The molecule has 4 N–H and O–H groups in total. The molecule has 5 nitrogen and oxygen atoms in total. The number of fused-ring (bicyclic) bond motifs is 1. The highest BCUT2D eigenvalue weighted by molar-refractivity contribution is 6.99. The highest BCUT2D eigenvalue weighted by atomic mass is 35.5. The molecule has 3 aromatic carbocycles. The fourth-order valence-electron chi connectivity index (χ4n) is 5.84. The minimum Gasteiger partial charge on any atom is -0.404 e. The van der Waals surface area contributed by atoms with Gasteiger partial charge in [0, 0.05) is 34.1 Å². The third kappa shape index (κ3) is 5.18. The van der Waals surface area contributed by atoms with Gasteiger partial charge in [-0.05, 0) is 58.9 Å². The molecule has 0 radical (unpaired) electrons. The second-order valence-corrected chi connectivity index (χ2v) is 16.1. The lowest BCUT2D eigenvalue weighted by Gasteiger charge is -2.47. The molecule has 1 aliphatic carbocycles. The topological polar surface area (TPSA) is 80.1 Å². The summed E-state index contributed by atoms with van der Waals surface area (Å²) in [6, 6.07) is 28.4. The standard InChI is InChI=1S/C31H36ClN3O2Si/c1-31(2,3)38(24-10-6-4-7-11-24,25-12-8-5-9-13-25)37-23-15-16-26(33)28(20-23)35-30(36)29-19-21-18-22(32)14-17-27(21)34-29/h4-14,17-19,23,26,28,34H,15-16,20,33H2,1-3H3,(H,35,36)/t23?,26-,28+/m0/s1. The molecule has 0 bridgehead atoms. The summed E-state index contributed by atoms with van der Waals surface area (Å²) < 4.78 is 7.35. The first-order chi connectivity index (χ1) is 18.2. The van der Waals surface area contributed by atoms with Gasteiger partial charge in [-0.1, -0.05) is 93.0 Å². The SMILES string of the molecule is CC(C)(C)[Si](OC1CC[C@H](N)[C@H](NC(=O)c2cc3cc(Cl)ccc3[nH]2)C1)(c1ccccc1)c1ccccc1.